The highest BCUT2D eigenvalue weighted by molar-refractivity contribution is 7.81. The second kappa shape index (κ2) is 71.2. The van der Waals surface area contributed by atoms with Crippen LogP contribution >= 0.6 is 63.1 Å². The lowest BCUT2D eigenvalue weighted by Crippen LogP contribution is -2.22. The van der Waals surface area contributed by atoms with Crippen LogP contribution in [0.25, 0.3) is 0 Å². The van der Waals surface area contributed by atoms with Crippen molar-refractivity contribution in [3.63, 3.8) is 0 Å². The molecule has 0 unspecified atom stereocenters. The third kappa shape index (κ3) is 53.2. The van der Waals surface area contributed by atoms with Crippen LogP contribution in [0.3, 0.4) is 0 Å². The van der Waals surface area contributed by atoms with Gasteiger partial charge in [-0.3, -0.25) is 23.5 Å². The molecule has 0 aliphatic heterocycles. The average Bonchev–Trinajstić information content (AvgIpc) is 0.912. The number of ether oxygens (including phenoxy) is 5. The van der Waals surface area contributed by atoms with Crippen molar-refractivity contribution in [2.75, 3.05) is 33.0 Å². The Hall–Kier alpha value is -3.35. The fourth-order valence-corrected chi connectivity index (χ4v) is 17.6. The predicted molar refractivity (Wildman–Crippen MR) is 495 cm³/mol. The Morgan fingerprint density at radius 2 is 0.339 bits per heavy atom. The SMILES string of the molecule is CCCCCCO[C@H]1CC[C@H](CCc2ccc([S])cc2)CC1.CCCCCCO[C@H]1CC[C@H](CCc2ccc([S])cc2)CC1.CCCCCCO[C@H]1CC[C@H](CCc2ccc([S])cc2)CC1.CCCCCCO[C@H]1CC[C@H](CCc2ccc([S])cc2)CC1.CCCCCCO[C@H]1CC[C@H](CCc2ccc([S])cc2)CC1.F.F.F.F.F. The smallest absolute Gasteiger partial charge is 0.0575 e. The molecule has 5 aliphatic carbocycles. The highest BCUT2D eigenvalue weighted by Gasteiger charge is 2.26. The molecule has 655 valence electrons. The van der Waals surface area contributed by atoms with Crippen molar-refractivity contribution in [2.45, 2.75) is 411 Å². The molecule has 15 heteroatoms. The summed E-state index contributed by atoms with van der Waals surface area (Å²) < 4.78 is 30.2. The van der Waals surface area contributed by atoms with Crippen LogP contribution in [-0.2, 0) is 55.8 Å². The van der Waals surface area contributed by atoms with E-state index in [1.807, 2.05) is 60.7 Å². The van der Waals surface area contributed by atoms with Crippen molar-refractivity contribution < 1.29 is 47.2 Å². The summed E-state index contributed by atoms with van der Waals surface area (Å²) in [6.45, 7) is 16.2. The Bertz CT molecular complexity index is 2450. The van der Waals surface area contributed by atoms with Crippen molar-refractivity contribution in [3.05, 3.63) is 149 Å². The zero-order valence-corrected chi connectivity index (χ0v) is 76.4. The van der Waals surface area contributed by atoms with Crippen molar-refractivity contribution >= 4 is 63.1 Å². The molecule has 5 saturated carbocycles. The molecule has 0 amide bonds. The lowest BCUT2D eigenvalue weighted by molar-refractivity contribution is 0.0153. The monoisotopic (exact) mass is 1700 g/mol. The molecule has 115 heavy (non-hydrogen) atoms. The molecule has 0 heterocycles. The van der Waals surface area contributed by atoms with Gasteiger partial charge in [-0.15, -0.1) is 0 Å². The van der Waals surface area contributed by atoms with Crippen LogP contribution in [0.2, 0.25) is 0 Å². The van der Waals surface area contributed by atoms with Crippen molar-refractivity contribution in [3.8, 4) is 0 Å². The van der Waals surface area contributed by atoms with Gasteiger partial charge in [-0.2, -0.15) is 0 Å². The largest absolute Gasteiger partial charge is 0.378 e. The van der Waals surface area contributed by atoms with Gasteiger partial charge < -0.3 is 23.7 Å². The van der Waals surface area contributed by atoms with Gasteiger partial charge in [-0.25, -0.2) is 0 Å². The van der Waals surface area contributed by atoms with E-state index in [1.54, 1.807) is 0 Å². The van der Waals surface area contributed by atoms with Crippen LogP contribution in [0, 0.1) is 29.6 Å². The summed E-state index contributed by atoms with van der Waals surface area (Å²) in [6.07, 6.45) is 67.5. The Labute approximate surface area is 727 Å². The summed E-state index contributed by atoms with van der Waals surface area (Å²) in [4.78, 5) is 4.72. The first kappa shape index (κ1) is 110. The molecule has 5 aliphatic rings. The number of halogens is 5. The molecule has 0 aromatic heterocycles. The van der Waals surface area contributed by atoms with E-state index in [9.17, 15) is 0 Å². The minimum atomic E-state index is 0. The third-order valence-corrected chi connectivity index (χ3v) is 25.9. The summed E-state index contributed by atoms with van der Waals surface area (Å²) >= 11 is 25.7. The Morgan fingerprint density at radius 1 is 0.200 bits per heavy atom. The molecule has 0 atom stereocenters. The molecule has 5 fully saturated rings. The third-order valence-electron chi connectivity index (χ3n) is 24.5. The Balaban J connectivity index is 0.000000711. The number of hydrogen-bond donors (Lipinski definition) is 0. The summed E-state index contributed by atoms with van der Waals surface area (Å²) in [6, 6.07) is 42.4. The van der Waals surface area contributed by atoms with Crippen LogP contribution in [-0.4, -0.2) is 63.6 Å². The van der Waals surface area contributed by atoms with E-state index in [0.717, 1.165) is 87.1 Å². The van der Waals surface area contributed by atoms with Gasteiger partial charge in [0.15, 0.2) is 0 Å². The summed E-state index contributed by atoms with van der Waals surface area (Å²) in [5.74, 6) is 4.46. The fraction of sp³-hybridized carbons (Fsp3) is 0.700. The number of aryl methyl sites for hydroxylation is 5. The number of unbranched alkanes of at least 4 members (excludes halogenated alkanes) is 15. The van der Waals surface area contributed by atoms with Crippen LogP contribution < -0.4 is 0 Å². The first-order chi connectivity index (χ1) is 53.9. The first-order valence-corrected chi connectivity index (χ1v) is 47.8. The zero-order chi connectivity index (χ0) is 78.1. The normalized spacial score (nSPS) is 20.9. The van der Waals surface area contributed by atoms with Crippen molar-refractivity contribution in [2.24, 2.45) is 29.6 Å². The van der Waals surface area contributed by atoms with Crippen LogP contribution in [0.4, 0.5) is 23.5 Å². The molecule has 0 saturated heterocycles. The van der Waals surface area contributed by atoms with E-state index in [4.69, 9.17) is 86.8 Å². The van der Waals surface area contributed by atoms with E-state index in [2.05, 4.69) is 95.3 Å². The maximum Gasteiger partial charge on any atom is 0.0575 e. The van der Waals surface area contributed by atoms with Gasteiger partial charge in [-0.05, 0) is 343 Å². The minimum Gasteiger partial charge on any atom is -0.378 e. The zero-order valence-electron chi connectivity index (χ0n) is 72.3. The minimum absolute atomic E-state index is 0. The van der Waals surface area contributed by atoms with Crippen molar-refractivity contribution in [1.29, 1.82) is 0 Å². The average molecular weight is 1700 g/mol. The Morgan fingerprint density at radius 3 is 0.470 bits per heavy atom. The maximum atomic E-state index is 6.04. The van der Waals surface area contributed by atoms with E-state index in [1.165, 1.54) is 349 Å². The topological polar surface area (TPSA) is 46.2 Å². The van der Waals surface area contributed by atoms with E-state index in [-0.39, 0.29) is 23.5 Å². The lowest BCUT2D eigenvalue weighted by Gasteiger charge is -2.28. The van der Waals surface area contributed by atoms with Gasteiger partial charge >= 0.3 is 0 Å². The molecular formula is C100H160F5O5S5. The van der Waals surface area contributed by atoms with Gasteiger partial charge in [0, 0.05) is 57.5 Å². The Kier molecular flexibility index (Phi) is 67.9. The van der Waals surface area contributed by atoms with E-state index < -0.39 is 0 Å². The highest BCUT2D eigenvalue weighted by atomic mass is 32.1. The predicted octanol–water partition coefficient (Wildman–Crippen LogP) is 32.4. The standard InChI is InChI=1S/5C20H31OS.5FH/c5*1-2-3-4-5-16-21-19-12-8-17(9-13-19)6-7-18-10-14-20(22)15-11-18;;;;;/h5*10-11,14-15,17,19H,2-9,12-13,16H2,1H3;5*1H/t5*17-,19-;;;;;. The number of benzene rings is 5. The van der Waals surface area contributed by atoms with Gasteiger partial charge in [-0.1, -0.05) is 255 Å². The molecule has 5 nitrogen and oxygen atoms in total. The molecule has 10 rings (SSSR count). The summed E-state index contributed by atoms with van der Waals surface area (Å²) in [5.41, 5.74) is 7.17. The second-order valence-electron chi connectivity index (χ2n) is 33.8. The molecule has 5 aromatic carbocycles. The number of hydrogen-bond acceptors (Lipinski definition) is 5. The van der Waals surface area contributed by atoms with Gasteiger partial charge in [0.2, 0.25) is 0 Å². The maximum absolute atomic E-state index is 6.04. The molecule has 0 bridgehead atoms. The molecular weight excluding hydrogens is 1540 g/mol. The van der Waals surface area contributed by atoms with Crippen molar-refractivity contribution in [1.82, 2.24) is 0 Å². The van der Waals surface area contributed by atoms with E-state index >= 15 is 0 Å². The lowest BCUT2D eigenvalue weighted by atomic mass is 9.84. The summed E-state index contributed by atoms with van der Waals surface area (Å²) in [7, 11) is 0. The van der Waals surface area contributed by atoms with Crippen LogP contribution in [0.15, 0.2) is 146 Å². The summed E-state index contributed by atoms with van der Waals surface area (Å²) in [5, 5.41) is 0. The van der Waals surface area contributed by atoms with Crippen LogP contribution in [0.1, 0.15) is 351 Å². The van der Waals surface area contributed by atoms with Gasteiger partial charge in [0.1, 0.15) is 0 Å². The highest BCUT2D eigenvalue weighted by Crippen LogP contribution is 2.35. The quantitative estimate of drug-likeness (QED) is 0.0287. The first-order valence-electron chi connectivity index (χ1n) is 45.8. The second-order valence-corrected chi connectivity index (χ2v) is 36.1. The van der Waals surface area contributed by atoms with E-state index in [0.29, 0.717) is 30.5 Å². The van der Waals surface area contributed by atoms with Gasteiger partial charge in [0.25, 0.3) is 0 Å². The van der Waals surface area contributed by atoms with Crippen LogP contribution in [0.5, 0.6) is 0 Å². The molecule has 5 radical (unpaired) electrons. The fourth-order valence-electron chi connectivity index (χ4n) is 17.0. The molecule has 5 aromatic rings. The molecule has 0 N–H and O–H groups in total. The number of rotatable bonds is 45. The van der Waals surface area contributed by atoms with Gasteiger partial charge in [0.05, 0.1) is 30.5 Å². The molecule has 0 spiro atoms.